The molecule has 3 aromatic rings. The molecule has 2 aromatic carbocycles. The number of nitrogens with zero attached hydrogens (tertiary/aromatic N) is 1. The van der Waals surface area contributed by atoms with Crippen LogP contribution in [0.5, 0.6) is 0 Å². The molecule has 2 amide bonds. The van der Waals surface area contributed by atoms with Crippen molar-refractivity contribution in [2.45, 2.75) is 45.6 Å². The zero-order valence-electron chi connectivity index (χ0n) is 21.6. The molecule has 1 atom stereocenters. The number of halogens is 4. The number of benzene rings is 2. The molecular weight excluding hydrogens is 534 g/mol. The Bertz CT molecular complexity index is 1400. The van der Waals surface area contributed by atoms with E-state index in [0.29, 0.717) is 16.7 Å². The van der Waals surface area contributed by atoms with Crippen molar-refractivity contribution in [1.29, 1.82) is 0 Å². The summed E-state index contributed by atoms with van der Waals surface area (Å²) in [7, 11) is 0. The largest absolute Gasteiger partial charge is 0.452 e. The summed E-state index contributed by atoms with van der Waals surface area (Å²) in [6, 6.07) is 13.8. The Morgan fingerprint density at radius 1 is 0.950 bits per heavy atom. The molecular formula is C28H27F4N3O5. The van der Waals surface area contributed by atoms with Crippen molar-refractivity contribution < 1.29 is 36.7 Å². The number of nitrogens with one attached hydrogen (secondary N) is 2. The number of carbonyl (C=O) groups is 3. The number of ketones is 1. The summed E-state index contributed by atoms with van der Waals surface area (Å²) >= 11 is 0. The topological polar surface area (TPSA) is 106 Å². The molecule has 0 saturated carbocycles. The van der Waals surface area contributed by atoms with Gasteiger partial charge in [0, 0.05) is 6.20 Å². The number of anilines is 1. The first-order chi connectivity index (χ1) is 18.8. The summed E-state index contributed by atoms with van der Waals surface area (Å²) in [4.78, 5) is 50.0. The fourth-order valence-corrected chi connectivity index (χ4v) is 3.79. The maximum Gasteiger partial charge on any atom is 0.452 e. The summed E-state index contributed by atoms with van der Waals surface area (Å²) in [5.41, 5.74) is 0.675. The molecule has 212 valence electrons. The van der Waals surface area contributed by atoms with Gasteiger partial charge in [-0.25, -0.2) is 9.18 Å². The van der Waals surface area contributed by atoms with E-state index in [1.165, 1.54) is 50.4 Å². The second-order valence-electron chi connectivity index (χ2n) is 9.34. The van der Waals surface area contributed by atoms with Crippen molar-refractivity contribution in [3.05, 3.63) is 99.7 Å². The van der Waals surface area contributed by atoms with Crippen LogP contribution in [0.2, 0.25) is 0 Å². The van der Waals surface area contributed by atoms with Crippen molar-refractivity contribution >= 4 is 23.5 Å². The number of alkyl halides is 3. The number of hydrogen-bond donors (Lipinski definition) is 2. The minimum atomic E-state index is -5.16. The van der Waals surface area contributed by atoms with E-state index in [1.807, 2.05) is 0 Å². The lowest BCUT2D eigenvalue weighted by Crippen LogP contribution is -2.50. The summed E-state index contributed by atoms with van der Waals surface area (Å²) in [5, 5.41) is 4.39. The monoisotopic (exact) mass is 561 g/mol. The lowest BCUT2D eigenvalue weighted by molar-refractivity contribution is -0.174. The molecule has 40 heavy (non-hydrogen) atoms. The van der Waals surface area contributed by atoms with Gasteiger partial charge in [-0.3, -0.25) is 19.7 Å². The van der Waals surface area contributed by atoms with E-state index < -0.39 is 53.8 Å². The second-order valence-corrected chi connectivity index (χ2v) is 9.34. The molecule has 1 unspecified atom stereocenters. The molecule has 0 aliphatic rings. The highest BCUT2D eigenvalue weighted by molar-refractivity contribution is 5.93. The molecule has 3 rings (SSSR count). The van der Waals surface area contributed by atoms with Gasteiger partial charge in [-0.15, -0.1) is 0 Å². The first kappa shape index (κ1) is 30.1. The summed E-state index contributed by atoms with van der Waals surface area (Å²) in [6.45, 7) is 1.86. The van der Waals surface area contributed by atoms with Crippen molar-refractivity contribution in [1.82, 2.24) is 9.88 Å². The maximum atomic E-state index is 13.3. The number of pyridine rings is 1. The summed E-state index contributed by atoms with van der Waals surface area (Å²) in [6.07, 6.45) is -4.66. The van der Waals surface area contributed by atoms with E-state index in [2.05, 4.69) is 10.6 Å². The van der Waals surface area contributed by atoms with Crippen LogP contribution in [0.3, 0.4) is 0 Å². The predicted octanol–water partition coefficient (Wildman–Crippen LogP) is 4.60. The molecule has 0 radical (unpaired) electrons. The Kier molecular flexibility index (Phi) is 9.81. The van der Waals surface area contributed by atoms with Crippen LogP contribution < -0.4 is 16.2 Å². The molecule has 0 aliphatic carbocycles. The van der Waals surface area contributed by atoms with Crippen LogP contribution in [0.25, 0.3) is 0 Å². The van der Waals surface area contributed by atoms with Gasteiger partial charge >= 0.3 is 12.3 Å². The number of amides is 2. The molecule has 0 aliphatic heterocycles. The van der Waals surface area contributed by atoms with E-state index in [4.69, 9.17) is 4.74 Å². The molecule has 2 N–H and O–H groups in total. The zero-order valence-corrected chi connectivity index (χ0v) is 21.6. The van der Waals surface area contributed by atoms with Crippen LogP contribution in [0, 0.1) is 11.7 Å². The number of aromatic nitrogens is 1. The molecule has 1 heterocycles. The Morgan fingerprint density at radius 3 is 2.20 bits per heavy atom. The van der Waals surface area contributed by atoms with E-state index in [-0.39, 0.29) is 18.7 Å². The van der Waals surface area contributed by atoms with Gasteiger partial charge in [0.25, 0.3) is 11.3 Å². The number of carbonyl (C=O) groups excluding carboxylic acids is 3. The van der Waals surface area contributed by atoms with Crippen molar-refractivity contribution in [3.63, 3.8) is 0 Å². The van der Waals surface area contributed by atoms with Gasteiger partial charge in [-0.2, -0.15) is 13.2 Å². The highest BCUT2D eigenvalue weighted by atomic mass is 19.4. The van der Waals surface area contributed by atoms with Crippen LogP contribution in [-0.4, -0.2) is 34.6 Å². The number of hydrogen-bond acceptors (Lipinski definition) is 5. The molecule has 0 spiro atoms. The van der Waals surface area contributed by atoms with Crippen LogP contribution in [0.15, 0.2) is 71.7 Å². The lowest BCUT2D eigenvalue weighted by Gasteiger charge is -2.22. The van der Waals surface area contributed by atoms with Crippen molar-refractivity contribution in [3.8, 4) is 0 Å². The van der Waals surface area contributed by atoms with Crippen LogP contribution in [0.4, 0.5) is 28.0 Å². The summed E-state index contributed by atoms with van der Waals surface area (Å²) < 4.78 is 58.4. The number of rotatable bonds is 10. The fraction of sp³-hybridized carbons (Fsp3) is 0.286. The Morgan fingerprint density at radius 2 is 1.60 bits per heavy atom. The Hall–Kier alpha value is -4.48. The molecule has 1 aromatic heterocycles. The predicted molar refractivity (Wildman–Crippen MR) is 138 cm³/mol. The third-order valence-corrected chi connectivity index (χ3v) is 5.77. The average Bonchev–Trinajstić information content (AvgIpc) is 2.89. The first-order valence-electron chi connectivity index (χ1n) is 12.2. The Balaban J connectivity index is 1.85. The van der Waals surface area contributed by atoms with Gasteiger partial charge in [-0.05, 0) is 47.2 Å². The van der Waals surface area contributed by atoms with Gasteiger partial charge in [-0.1, -0.05) is 56.3 Å². The van der Waals surface area contributed by atoms with Gasteiger partial charge in [0.1, 0.15) is 24.7 Å². The highest BCUT2D eigenvalue weighted by Gasteiger charge is 2.45. The van der Waals surface area contributed by atoms with Crippen LogP contribution in [0.1, 0.15) is 30.5 Å². The normalized spacial score (nSPS) is 12.1. The molecule has 0 fully saturated rings. The van der Waals surface area contributed by atoms with E-state index in [0.717, 1.165) is 4.57 Å². The third-order valence-electron chi connectivity index (χ3n) is 5.77. The van der Waals surface area contributed by atoms with Gasteiger partial charge in [0.2, 0.25) is 5.91 Å². The minimum Gasteiger partial charge on any atom is -0.444 e. The van der Waals surface area contributed by atoms with Gasteiger partial charge in [0.05, 0.1) is 6.04 Å². The maximum absolute atomic E-state index is 13.3. The van der Waals surface area contributed by atoms with E-state index in [1.54, 1.807) is 30.3 Å². The number of Topliss-reactive ketones (excluding diaryl/α,β-unsaturated/α-hetero) is 1. The van der Waals surface area contributed by atoms with Crippen LogP contribution in [-0.2, 0) is 33.9 Å². The molecule has 8 nitrogen and oxygen atoms in total. The Labute approximate surface area is 227 Å². The standard InChI is InChI=1S/C28H27F4N3O5/c1-17(2)24(25(37)28(30,31)32)34-23(36)15-35-14-20(12-18-8-10-21(29)11-9-18)13-22(26(35)38)33-27(39)40-16-19-6-4-3-5-7-19/h3-11,13-14,17,24H,12,15-16H2,1-2H3,(H,33,39)(H,34,36). The molecule has 0 bridgehead atoms. The molecule has 12 heteroatoms. The summed E-state index contributed by atoms with van der Waals surface area (Å²) in [5.74, 6) is -4.47. The van der Waals surface area contributed by atoms with E-state index >= 15 is 0 Å². The minimum absolute atomic E-state index is 0.0810. The quantitative estimate of drug-likeness (QED) is 0.352. The van der Waals surface area contributed by atoms with Gasteiger partial charge < -0.3 is 14.6 Å². The lowest BCUT2D eigenvalue weighted by atomic mass is 9.99. The highest BCUT2D eigenvalue weighted by Crippen LogP contribution is 2.21. The average molecular weight is 562 g/mol. The SMILES string of the molecule is CC(C)C(NC(=O)Cn1cc(Cc2ccc(F)cc2)cc(NC(=O)OCc2ccccc2)c1=O)C(=O)C(F)(F)F. The second kappa shape index (κ2) is 13.0. The van der Waals surface area contributed by atoms with Crippen LogP contribution >= 0.6 is 0 Å². The van der Waals surface area contributed by atoms with Crippen molar-refractivity contribution in [2.24, 2.45) is 5.92 Å². The fourth-order valence-electron chi connectivity index (χ4n) is 3.79. The third kappa shape index (κ3) is 8.52. The number of ether oxygens (including phenoxy) is 1. The molecule has 0 saturated heterocycles. The van der Waals surface area contributed by atoms with Gasteiger partial charge in [0.15, 0.2) is 0 Å². The van der Waals surface area contributed by atoms with E-state index in [9.17, 15) is 36.7 Å². The smallest absolute Gasteiger partial charge is 0.444 e. The first-order valence-corrected chi connectivity index (χ1v) is 12.2. The van der Waals surface area contributed by atoms with Crippen molar-refractivity contribution in [2.75, 3.05) is 5.32 Å². The zero-order chi connectivity index (χ0) is 29.4.